The fraction of sp³-hybridized carbons (Fsp3) is 0.192. The summed E-state index contributed by atoms with van der Waals surface area (Å²) >= 11 is 0. The molecule has 0 bridgehead atoms. The van der Waals surface area contributed by atoms with E-state index in [1.807, 2.05) is 49.4 Å². The van der Waals surface area contributed by atoms with Gasteiger partial charge in [-0.25, -0.2) is 9.18 Å². The number of ether oxygens (including phenoxy) is 1. The second kappa shape index (κ2) is 9.24. The first kappa shape index (κ1) is 21.6. The number of aryl methyl sites for hydroxylation is 1. The maximum Gasteiger partial charge on any atom is 0.352 e. The number of nitrogens with zero attached hydrogens (tertiary/aromatic N) is 1. The molecule has 0 aliphatic heterocycles. The average Bonchev–Trinajstić information content (AvgIpc) is 3.06. The number of aromatic carboxylic acids is 1. The molecule has 4 rings (SSSR count). The topological polar surface area (TPSA) is 63.5 Å². The first-order valence-electron chi connectivity index (χ1n) is 10.4. The summed E-state index contributed by atoms with van der Waals surface area (Å²) in [6.07, 6.45) is 0. The first-order chi connectivity index (χ1) is 15.5. The fourth-order valence-electron chi connectivity index (χ4n) is 4.05. The molecule has 0 saturated heterocycles. The van der Waals surface area contributed by atoms with Crippen molar-refractivity contribution in [3.63, 3.8) is 0 Å². The lowest BCUT2D eigenvalue weighted by Gasteiger charge is -2.10. The summed E-state index contributed by atoms with van der Waals surface area (Å²) < 4.78 is 20.8. The molecular weight excluding hydrogens is 407 g/mol. The molecule has 0 saturated carbocycles. The summed E-state index contributed by atoms with van der Waals surface area (Å²) in [6.45, 7) is 3.20. The Balaban J connectivity index is 1.71. The molecule has 1 heterocycles. The highest BCUT2D eigenvalue weighted by Crippen LogP contribution is 2.29. The average molecular weight is 432 g/mol. The molecule has 0 atom stereocenters. The highest BCUT2D eigenvalue weighted by Gasteiger charge is 2.22. The van der Waals surface area contributed by atoms with E-state index in [0.717, 1.165) is 27.8 Å². The lowest BCUT2D eigenvalue weighted by Crippen LogP contribution is -2.17. The molecular formula is C26H25FN2O3. The van der Waals surface area contributed by atoms with Crippen LogP contribution in [0.3, 0.4) is 0 Å². The lowest BCUT2D eigenvalue weighted by atomic mass is 10.1. The quantitative estimate of drug-likeness (QED) is 0.405. The predicted molar refractivity (Wildman–Crippen MR) is 123 cm³/mol. The molecule has 32 heavy (non-hydrogen) atoms. The Labute approximate surface area is 186 Å². The third-order valence-corrected chi connectivity index (χ3v) is 5.52. The van der Waals surface area contributed by atoms with Crippen LogP contribution in [0.15, 0.2) is 66.7 Å². The van der Waals surface area contributed by atoms with Crippen LogP contribution in [0.25, 0.3) is 10.9 Å². The Kier molecular flexibility index (Phi) is 6.23. The van der Waals surface area contributed by atoms with Gasteiger partial charge < -0.3 is 19.7 Å². The maximum atomic E-state index is 13.7. The largest absolute Gasteiger partial charge is 0.497 e. The minimum atomic E-state index is -1.01. The van der Waals surface area contributed by atoms with Gasteiger partial charge in [0.15, 0.2) is 0 Å². The van der Waals surface area contributed by atoms with E-state index in [0.29, 0.717) is 24.2 Å². The molecule has 2 N–H and O–H groups in total. The summed E-state index contributed by atoms with van der Waals surface area (Å²) in [5.41, 5.74) is 4.54. The number of carboxylic acids is 1. The second-order valence-electron chi connectivity index (χ2n) is 7.82. The van der Waals surface area contributed by atoms with Crippen molar-refractivity contribution in [3.8, 4) is 5.75 Å². The summed E-state index contributed by atoms with van der Waals surface area (Å²) in [6, 6.07) is 19.9. The standard InChI is InChI=1S/C26H25FN2O3/c1-17-9-10-22-23(15-28-14-18-5-4-8-21(13-18)32-2)25(26(30)31)29(24(22)11-17)16-19-6-3-7-20(27)12-19/h3-13,28H,14-16H2,1-2H3,(H,30,31). The van der Waals surface area contributed by atoms with Crippen LogP contribution in [0, 0.1) is 12.7 Å². The third-order valence-electron chi connectivity index (χ3n) is 5.52. The minimum absolute atomic E-state index is 0.216. The summed E-state index contributed by atoms with van der Waals surface area (Å²) in [5.74, 6) is -0.571. The van der Waals surface area contributed by atoms with Crippen molar-refractivity contribution in [1.82, 2.24) is 9.88 Å². The molecule has 164 valence electrons. The molecule has 0 aliphatic carbocycles. The van der Waals surface area contributed by atoms with Crippen molar-refractivity contribution in [2.45, 2.75) is 26.6 Å². The molecule has 0 unspecified atom stereocenters. The zero-order valence-electron chi connectivity index (χ0n) is 18.1. The van der Waals surface area contributed by atoms with Crippen LogP contribution in [0.2, 0.25) is 0 Å². The number of halogens is 1. The van der Waals surface area contributed by atoms with Gasteiger partial charge in [-0.3, -0.25) is 0 Å². The molecule has 0 spiro atoms. The smallest absolute Gasteiger partial charge is 0.352 e. The van der Waals surface area contributed by atoms with Crippen LogP contribution in [-0.2, 0) is 19.6 Å². The van der Waals surface area contributed by atoms with Crippen LogP contribution in [0.5, 0.6) is 5.75 Å². The van der Waals surface area contributed by atoms with Crippen molar-refractivity contribution in [3.05, 3.63) is 100 Å². The maximum absolute atomic E-state index is 13.7. The monoisotopic (exact) mass is 432 g/mol. The number of rotatable bonds is 8. The lowest BCUT2D eigenvalue weighted by molar-refractivity contribution is 0.0684. The number of hydrogen-bond donors (Lipinski definition) is 2. The zero-order chi connectivity index (χ0) is 22.7. The van der Waals surface area contributed by atoms with Crippen molar-refractivity contribution in [2.75, 3.05) is 7.11 Å². The number of hydrogen-bond acceptors (Lipinski definition) is 3. The molecule has 5 nitrogen and oxygen atoms in total. The number of methoxy groups -OCH3 is 1. The Morgan fingerprint density at radius 1 is 1.03 bits per heavy atom. The molecule has 6 heteroatoms. The number of aromatic nitrogens is 1. The van der Waals surface area contributed by atoms with E-state index in [2.05, 4.69) is 5.32 Å². The van der Waals surface area contributed by atoms with Gasteiger partial charge in [0.2, 0.25) is 0 Å². The van der Waals surface area contributed by atoms with Gasteiger partial charge in [0, 0.05) is 36.1 Å². The summed E-state index contributed by atoms with van der Waals surface area (Å²) in [7, 11) is 1.63. The van der Waals surface area contributed by atoms with E-state index in [9.17, 15) is 14.3 Å². The van der Waals surface area contributed by atoms with E-state index in [1.165, 1.54) is 12.1 Å². The van der Waals surface area contributed by atoms with Gasteiger partial charge in [-0.1, -0.05) is 36.4 Å². The summed E-state index contributed by atoms with van der Waals surface area (Å²) in [5, 5.41) is 14.3. The number of benzene rings is 3. The highest BCUT2D eigenvalue weighted by atomic mass is 19.1. The number of fused-ring (bicyclic) bond motifs is 1. The normalized spacial score (nSPS) is 11.1. The van der Waals surface area contributed by atoms with Gasteiger partial charge >= 0.3 is 5.97 Å². The number of carboxylic acid groups (broad SMARTS) is 1. The zero-order valence-corrected chi connectivity index (χ0v) is 18.1. The van der Waals surface area contributed by atoms with Crippen LogP contribution in [-0.4, -0.2) is 22.8 Å². The van der Waals surface area contributed by atoms with Crippen LogP contribution in [0.1, 0.15) is 32.7 Å². The van der Waals surface area contributed by atoms with Crippen LogP contribution >= 0.6 is 0 Å². The number of carbonyl (C=O) groups is 1. The second-order valence-corrected chi connectivity index (χ2v) is 7.82. The van der Waals surface area contributed by atoms with Gasteiger partial charge in [0.25, 0.3) is 0 Å². The van der Waals surface area contributed by atoms with E-state index in [4.69, 9.17) is 4.74 Å². The molecule has 4 aromatic rings. The molecule has 0 fully saturated rings. The van der Waals surface area contributed by atoms with E-state index >= 15 is 0 Å². The van der Waals surface area contributed by atoms with Crippen molar-refractivity contribution in [2.24, 2.45) is 0 Å². The molecule has 0 radical (unpaired) electrons. The molecule has 0 aliphatic rings. The molecule has 1 aromatic heterocycles. The Hall–Kier alpha value is -3.64. The molecule has 0 amide bonds. The minimum Gasteiger partial charge on any atom is -0.497 e. The van der Waals surface area contributed by atoms with E-state index in [1.54, 1.807) is 23.8 Å². The van der Waals surface area contributed by atoms with Crippen molar-refractivity contribution < 1.29 is 19.0 Å². The highest BCUT2D eigenvalue weighted by molar-refractivity contribution is 5.98. The Morgan fingerprint density at radius 2 is 1.81 bits per heavy atom. The van der Waals surface area contributed by atoms with Gasteiger partial charge in [0.05, 0.1) is 7.11 Å². The third kappa shape index (κ3) is 4.50. The van der Waals surface area contributed by atoms with Gasteiger partial charge in [0.1, 0.15) is 17.3 Å². The Bertz CT molecular complexity index is 1280. The van der Waals surface area contributed by atoms with E-state index < -0.39 is 5.97 Å². The van der Waals surface area contributed by atoms with Crippen molar-refractivity contribution >= 4 is 16.9 Å². The first-order valence-corrected chi connectivity index (χ1v) is 10.4. The van der Waals surface area contributed by atoms with Crippen LogP contribution in [0.4, 0.5) is 4.39 Å². The van der Waals surface area contributed by atoms with Gasteiger partial charge in [-0.2, -0.15) is 0 Å². The Morgan fingerprint density at radius 3 is 2.56 bits per heavy atom. The fourth-order valence-corrected chi connectivity index (χ4v) is 4.05. The predicted octanol–water partition coefficient (Wildman–Crippen LogP) is 5.13. The number of nitrogens with one attached hydrogen (secondary N) is 1. The van der Waals surface area contributed by atoms with Crippen molar-refractivity contribution in [1.29, 1.82) is 0 Å². The van der Waals surface area contributed by atoms with Crippen LogP contribution < -0.4 is 10.1 Å². The summed E-state index contributed by atoms with van der Waals surface area (Å²) in [4.78, 5) is 12.3. The van der Waals surface area contributed by atoms with Gasteiger partial charge in [-0.05, 0) is 53.9 Å². The van der Waals surface area contributed by atoms with Gasteiger partial charge in [-0.15, -0.1) is 0 Å². The SMILES string of the molecule is COc1cccc(CNCc2c(C(=O)O)n(Cc3cccc(F)c3)c3cc(C)ccc23)c1. The molecule has 3 aromatic carbocycles. The van der Waals surface area contributed by atoms with E-state index in [-0.39, 0.29) is 18.1 Å².